The molecule has 0 radical (unpaired) electrons. The van der Waals surface area contributed by atoms with Crippen molar-refractivity contribution < 1.29 is 4.79 Å². The number of rotatable bonds is 5. The third-order valence-electron chi connectivity index (χ3n) is 3.75. The Morgan fingerprint density at radius 3 is 2.76 bits per heavy atom. The van der Waals surface area contributed by atoms with Gasteiger partial charge in [-0.25, -0.2) is 9.97 Å². The summed E-state index contributed by atoms with van der Waals surface area (Å²) in [5, 5.41) is 0. The molecular formula is C15H20N4OS. The largest absolute Gasteiger partial charge is 0.396 e. The van der Waals surface area contributed by atoms with E-state index in [9.17, 15) is 4.79 Å². The first-order chi connectivity index (χ1) is 10.1. The molecule has 0 unspecified atom stereocenters. The number of carbonyl (C=O) groups is 1. The summed E-state index contributed by atoms with van der Waals surface area (Å²) in [5.41, 5.74) is 7.23. The van der Waals surface area contributed by atoms with Gasteiger partial charge in [-0.15, -0.1) is 11.3 Å². The fourth-order valence-corrected chi connectivity index (χ4v) is 3.34. The molecule has 1 saturated carbocycles. The molecule has 0 bridgehead atoms. The molecule has 1 amide bonds. The number of nitrogens with zero attached hydrogens (tertiary/aromatic N) is 3. The Balaban J connectivity index is 1.88. The van der Waals surface area contributed by atoms with Gasteiger partial charge in [0.15, 0.2) is 0 Å². The standard InChI is InChI=1S/C15H20N4OS/c1-9(2)5-8-19(10-3-4-10)15(20)13-11(16)12-14(21-13)18-7-6-17-12/h6-7,9-10H,3-5,8,16H2,1-2H3. The second-order valence-electron chi connectivity index (χ2n) is 5.97. The third kappa shape index (κ3) is 2.85. The van der Waals surface area contributed by atoms with Gasteiger partial charge in [0.2, 0.25) is 0 Å². The Kier molecular flexibility index (Phi) is 3.80. The van der Waals surface area contributed by atoms with Gasteiger partial charge in [-0.3, -0.25) is 4.79 Å². The van der Waals surface area contributed by atoms with E-state index in [-0.39, 0.29) is 5.91 Å². The smallest absolute Gasteiger partial charge is 0.266 e. The molecule has 0 aromatic carbocycles. The van der Waals surface area contributed by atoms with E-state index in [2.05, 4.69) is 23.8 Å². The van der Waals surface area contributed by atoms with Crippen molar-refractivity contribution >= 4 is 33.3 Å². The monoisotopic (exact) mass is 304 g/mol. The Hall–Kier alpha value is -1.69. The Labute approximate surface area is 128 Å². The van der Waals surface area contributed by atoms with Crippen LogP contribution >= 0.6 is 11.3 Å². The van der Waals surface area contributed by atoms with E-state index in [1.807, 2.05) is 4.90 Å². The summed E-state index contributed by atoms with van der Waals surface area (Å²) in [5.74, 6) is 0.627. The zero-order valence-electron chi connectivity index (χ0n) is 12.4. The number of carbonyl (C=O) groups excluding carboxylic acids is 1. The van der Waals surface area contributed by atoms with Crippen LogP contribution in [0.4, 0.5) is 5.69 Å². The van der Waals surface area contributed by atoms with Crippen molar-refractivity contribution in [2.24, 2.45) is 5.92 Å². The minimum Gasteiger partial charge on any atom is -0.396 e. The maximum atomic E-state index is 12.8. The van der Waals surface area contributed by atoms with Crippen LogP contribution in [0.15, 0.2) is 12.4 Å². The third-order valence-corrected chi connectivity index (χ3v) is 4.84. The number of amides is 1. The SMILES string of the molecule is CC(C)CCN(C(=O)c1sc2nccnc2c1N)C1CC1. The molecule has 112 valence electrons. The van der Waals surface area contributed by atoms with Crippen molar-refractivity contribution in [2.75, 3.05) is 12.3 Å². The highest BCUT2D eigenvalue weighted by Gasteiger charge is 2.34. The highest BCUT2D eigenvalue weighted by molar-refractivity contribution is 7.21. The van der Waals surface area contributed by atoms with Crippen LogP contribution in [-0.4, -0.2) is 33.4 Å². The lowest BCUT2D eigenvalue weighted by atomic mass is 10.1. The molecule has 0 atom stereocenters. The van der Waals surface area contributed by atoms with Gasteiger partial charge in [0, 0.05) is 25.0 Å². The first kappa shape index (κ1) is 14.3. The summed E-state index contributed by atoms with van der Waals surface area (Å²) < 4.78 is 0. The van der Waals surface area contributed by atoms with E-state index in [1.54, 1.807) is 12.4 Å². The lowest BCUT2D eigenvalue weighted by Crippen LogP contribution is -2.34. The predicted molar refractivity (Wildman–Crippen MR) is 85.3 cm³/mol. The van der Waals surface area contributed by atoms with Crippen LogP contribution in [-0.2, 0) is 0 Å². The van der Waals surface area contributed by atoms with Gasteiger partial charge in [0.1, 0.15) is 15.2 Å². The zero-order chi connectivity index (χ0) is 15.0. The molecule has 1 aliphatic rings. The normalized spacial score (nSPS) is 14.8. The van der Waals surface area contributed by atoms with Crippen LogP contribution in [0, 0.1) is 5.92 Å². The van der Waals surface area contributed by atoms with E-state index in [0.717, 1.165) is 30.6 Å². The van der Waals surface area contributed by atoms with Crippen LogP contribution in [0.5, 0.6) is 0 Å². The zero-order valence-corrected chi connectivity index (χ0v) is 13.2. The summed E-state index contributed by atoms with van der Waals surface area (Å²) in [7, 11) is 0. The van der Waals surface area contributed by atoms with Gasteiger partial charge in [0.05, 0.1) is 5.69 Å². The molecule has 0 aliphatic heterocycles. The number of anilines is 1. The fraction of sp³-hybridized carbons (Fsp3) is 0.533. The van der Waals surface area contributed by atoms with Crippen molar-refractivity contribution in [3.63, 3.8) is 0 Å². The van der Waals surface area contributed by atoms with Crippen molar-refractivity contribution in [2.45, 2.75) is 39.2 Å². The van der Waals surface area contributed by atoms with Crippen molar-refractivity contribution in [1.29, 1.82) is 0 Å². The van der Waals surface area contributed by atoms with Crippen LogP contribution in [0.25, 0.3) is 10.3 Å². The molecule has 2 aromatic rings. The van der Waals surface area contributed by atoms with Crippen molar-refractivity contribution in [3.05, 3.63) is 17.3 Å². The lowest BCUT2D eigenvalue weighted by Gasteiger charge is -2.23. The molecule has 2 aromatic heterocycles. The highest BCUT2D eigenvalue weighted by Crippen LogP contribution is 2.35. The number of thiophene rings is 1. The summed E-state index contributed by atoms with van der Waals surface area (Å²) >= 11 is 1.35. The summed E-state index contributed by atoms with van der Waals surface area (Å²) in [6, 6.07) is 0.391. The van der Waals surface area contributed by atoms with E-state index in [0.29, 0.717) is 28.0 Å². The number of fused-ring (bicyclic) bond motifs is 1. The highest BCUT2D eigenvalue weighted by atomic mass is 32.1. The maximum Gasteiger partial charge on any atom is 0.266 e. The molecule has 1 fully saturated rings. The number of aromatic nitrogens is 2. The molecule has 6 heteroatoms. The molecule has 0 spiro atoms. The summed E-state index contributed by atoms with van der Waals surface area (Å²) in [4.78, 5) is 24.6. The molecule has 21 heavy (non-hydrogen) atoms. The first-order valence-electron chi connectivity index (χ1n) is 7.38. The summed E-state index contributed by atoms with van der Waals surface area (Å²) in [6.45, 7) is 5.16. The minimum atomic E-state index is 0.0421. The average molecular weight is 304 g/mol. The first-order valence-corrected chi connectivity index (χ1v) is 8.19. The van der Waals surface area contributed by atoms with Gasteiger partial charge in [-0.1, -0.05) is 13.8 Å². The van der Waals surface area contributed by atoms with Gasteiger partial charge < -0.3 is 10.6 Å². The van der Waals surface area contributed by atoms with Crippen molar-refractivity contribution in [3.8, 4) is 0 Å². The molecule has 1 aliphatic carbocycles. The molecular weight excluding hydrogens is 284 g/mol. The van der Waals surface area contributed by atoms with Crippen molar-refractivity contribution in [1.82, 2.24) is 14.9 Å². The minimum absolute atomic E-state index is 0.0421. The average Bonchev–Trinajstić information content (AvgIpc) is 3.23. The van der Waals surface area contributed by atoms with Gasteiger partial charge in [-0.2, -0.15) is 0 Å². The molecule has 5 nitrogen and oxygen atoms in total. The lowest BCUT2D eigenvalue weighted by molar-refractivity contribution is 0.0741. The second kappa shape index (κ2) is 5.60. The van der Waals surface area contributed by atoms with E-state index in [1.165, 1.54) is 11.3 Å². The number of nitrogens with two attached hydrogens (primary N) is 1. The molecule has 2 heterocycles. The molecule has 3 rings (SSSR count). The topological polar surface area (TPSA) is 72.1 Å². The number of nitrogen functional groups attached to an aromatic ring is 1. The van der Waals surface area contributed by atoms with Gasteiger partial charge in [0.25, 0.3) is 5.91 Å². The maximum absolute atomic E-state index is 12.8. The van der Waals surface area contributed by atoms with E-state index in [4.69, 9.17) is 5.73 Å². The molecule has 0 saturated heterocycles. The van der Waals surface area contributed by atoms with Crippen LogP contribution in [0.2, 0.25) is 0 Å². The second-order valence-corrected chi connectivity index (χ2v) is 6.97. The Morgan fingerprint density at radius 1 is 1.43 bits per heavy atom. The Bertz CT molecular complexity index is 663. The van der Waals surface area contributed by atoms with Crippen LogP contribution < -0.4 is 5.73 Å². The summed E-state index contributed by atoms with van der Waals surface area (Å²) in [6.07, 6.45) is 6.46. The van der Waals surface area contributed by atoms with Crippen LogP contribution in [0.3, 0.4) is 0 Å². The van der Waals surface area contributed by atoms with Gasteiger partial charge in [-0.05, 0) is 25.2 Å². The van der Waals surface area contributed by atoms with E-state index < -0.39 is 0 Å². The quantitative estimate of drug-likeness (QED) is 0.922. The van der Waals surface area contributed by atoms with Crippen LogP contribution in [0.1, 0.15) is 42.8 Å². The van der Waals surface area contributed by atoms with E-state index >= 15 is 0 Å². The predicted octanol–water partition coefficient (Wildman–Crippen LogP) is 2.92. The fourth-order valence-electron chi connectivity index (χ4n) is 2.37. The van der Waals surface area contributed by atoms with Gasteiger partial charge >= 0.3 is 0 Å². The number of hydrogen-bond acceptors (Lipinski definition) is 5. The number of hydrogen-bond donors (Lipinski definition) is 1. The Morgan fingerprint density at radius 2 is 2.14 bits per heavy atom. The molecule has 2 N–H and O–H groups in total.